The van der Waals surface area contributed by atoms with Crippen LogP contribution in [-0.4, -0.2) is 49.3 Å². The lowest BCUT2D eigenvalue weighted by Crippen LogP contribution is -2.36. The first-order valence-corrected chi connectivity index (χ1v) is 11.0. The molecular formula is C23H27FN8. The molecule has 0 amide bonds. The maximum atomic E-state index is 15.2. The molecule has 0 aliphatic heterocycles. The minimum absolute atomic E-state index is 0.229. The van der Waals surface area contributed by atoms with E-state index in [0.717, 1.165) is 30.6 Å². The number of aryl methyl sites for hydroxylation is 1. The second-order valence-corrected chi connectivity index (χ2v) is 8.66. The first-order chi connectivity index (χ1) is 15.5. The van der Waals surface area contributed by atoms with Gasteiger partial charge in [0.1, 0.15) is 5.82 Å². The number of hydrogen-bond donors (Lipinski definition) is 2. The molecule has 3 heterocycles. The molecule has 3 N–H and O–H groups in total. The van der Waals surface area contributed by atoms with Crippen molar-refractivity contribution in [3.05, 3.63) is 42.6 Å². The SMILES string of the molecule is CN(c1ccc(-c2cc(F)c(-c3cnn(C)c3)c3cn[nH]c23)nn1)C1CCCCC(N)C1. The number of fused-ring (bicyclic) bond motifs is 1. The molecular weight excluding hydrogens is 407 g/mol. The Hall–Kier alpha value is -3.33. The molecule has 166 valence electrons. The highest BCUT2D eigenvalue weighted by Gasteiger charge is 2.23. The zero-order valence-electron chi connectivity index (χ0n) is 18.3. The van der Waals surface area contributed by atoms with Crippen LogP contribution in [0.2, 0.25) is 0 Å². The predicted octanol–water partition coefficient (Wildman–Crippen LogP) is 3.66. The Morgan fingerprint density at radius 1 is 1.19 bits per heavy atom. The molecule has 2 unspecified atom stereocenters. The van der Waals surface area contributed by atoms with Crippen LogP contribution in [-0.2, 0) is 7.05 Å². The Morgan fingerprint density at radius 2 is 2.03 bits per heavy atom. The van der Waals surface area contributed by atoms with E-state index in [2.05, 4.69) is 30.4 Å². The first-order valence-electron chi connectivity index (χ1n) is 11.0. The number of H-pyrrole nitrogens is 1. The van der Waals surface area contributed by atoms with E-state index in [-0.39, 0.29) is 11.9 Å². The van der Waals surface area contributed by atoms with Gasteiger partial charge in [0.2, 0.25) is 0 Å². The molecule has 3 aromatic heterocycles. The van der Waals surface area contributed by atoms with E-state index < -0.39 is 0 Å². The number of halogens is 1. The van der Waals surface area contributed by atoms with Crippen molar-refractivity contribution in [3.63, 3.8) is 0 Å². The Kier molecular flexibility index (Phi) is 5.34. The molecule has 4 aromatic rings. The molecule has 2 atom stereocenters. The van der Waals surface area contributed by atoms with Crippen molar-refractivity contribution in [2.24, 2.45) is 12.8 Å². The molecule has 5 rings (SSSR count). The molecule has 1 saturated carbocycles. The van der Waals surface area contributed by atoms with Gasteiger partial charge in [-0.25, -0.2) is 4.39 Å². The number of nitrogens with zero attached hydrogens (tertiary/aromatic N) is 6. The molecule has 0 saturated heterocycles. The topological polar surface area (TPSA) is 102 Å². The van der Waals surface area contributed by atoms with Crippen molar-refractivity contribution in [3.8, 4) is 22.4 Å². The molecule has 0 bridgehead atoms. The molecule has 8 nitrogen and oxygen atoms in total. The fourth-order valence-electron chi connectivity index (χ4n) is 4.69. The smallest absolute Gasteiger partial charge is 0.151 e. The van der Waals surface area contributed by atoms with Gasteiger partial charge < -0.3 is 10.6 Å². The van der Waals surface area contributed by atoms with E-state index in [1.54, 1.807) is 30.3 Å². The number of rotatable bonds is 4. The Morgan fingerprint density at radius 3 is 2.78 bits per heavy atom. The Balaban J connectivity index is 1.48. The standard InChI is InChI=1S/C23H27FN8/c1-31-13-14(11-27-31)22-18-12-26-30-23(18)17(10-19(22)24)20-7-8-21(29-28-20)32(2)16-6-4-3-5-15(25)9-16/h7-8,10-13,15-16H,3-6,9,25H2,1-2H3,(H,26,30). The zero-order valence-corrected chi connectivity index (χ0v) is 18.3. The van der Waals surface area contributed by atoms with E-state index in [1.165, 1.54) is 18.9 Å². The summed E-state index contributed by atoms with van der Waals surface area (Å²) in [5.74, 6) is 0.443. The van der Waals surface area contributed by atoms with Crippen molar-refractivity contribution in [1.82, 2.24) is 30.2 Å². The second kappa shape index (κ2) is 8.31. The summed E-state index contributed by atoms with van der Waals surface area (Å²) in [6.45, 7) is 0. The van der Waals surface area contributed by atoms with Gasteiger partial charge in [-0.2, -0.15) is 10.2 Å². The van der Waals surface area contributed by atoms with E-state index >= 15 is 4.39 Å². The number of aromatic amines is 1. The summed E-state index contributed by atoms with van der Waals surface area (Å²) >= 11 is 0. The van der Waals surface area contributed by atoms with Crippen molar-refractivity contribution >= 4 is 16.7 Å². The van der Waals surface area contributed by atoms with Gasteiger partial charge in [0.05, 0.1) is 23.6 Å². The third kappa shape index (κ3) is 3.73. The third-order valence-corrected chi connectivity index (χ3v) is 6.45. The largest absolute Gasteiger partial charge is 0.355 e. The van der Waals surface area contributed by atoms with Crippen LogP contribution in [0.4, 0.5) is 10.2 Å². The van der Waals surface area contributed by atoms with Gasteiger partial charge in [-0.15, -0.1) is 10.2 Å². The van der Waals surface area contributed by atoms with Crippen molar-refractivity contribution < 1.29 is 4.39 Å². The summed E-state index contributed by atoms with van der Waals surface area (Å²) in [7, 11) is 3.85. The molecule has 1 fully saturated rings. The van der Waals surface area contributed by atoms with E-state index in [1.807, 2.05) is 19.2 Å². The summed E-state index contributed by atoms with van der Waals surface area (Å²) in [6, 6.07) is 5.89. The lowest BCUT2D eigenvalue weighted by atomic mass is 9.99. The molecule has 0 radical (unpaired) electrons. The molecule has 9 heteroatoms. The number of hydrogen-bond acceptors (Lipinski definition) is 6. The van der Waals surface area contributed by atoms with Crippen LogP contribution in [0.15, 0.2) is 36.8 Å². The Labute approximate surface area is 185 Å². The van der Waals surface area contributed by atoms with E-state index in [9.17, 15) is 0 Å². The quantitative estimate of drug-likeness (QED) is 0.476. The van der Waals surface area contributed by atoms with Crippen LogP contribution in [0.5, 0.6) is 0 Å². The van der Waals surface area contributed by atoms with Gasteiger partial charge in [-0.1, -0.05) is 12.8 Å². The number of benzene rings is 1. The summed E-state index contributed by atoms with van der Waals surface area (Å²) < 4.78 is 16.9. The van der Waals surface area contributed by atoms with Gasteiger partial charge in [-0.05, 0) is 37.5 Å². The van der Waals surface area contributed by atoms with Crippen molar-refractivity contribution in [2.75, 3.05) is 11.9 Å². The summed E-state index contributed by atoms with van der Waals surface area (Å²) in [4.78, 5) is 2.17. The number of nitrogens with one attached hydrogen (secondary N) is 1. The maximum Gasteiger partial charge on any atom is 0.151 e. The summed E-state index contributed by atoms with van der Waals surface area (Å²) in [6.07, 6.45) is 10.6. The van der Waals surface area contributed by atoms with Gasteiger partial charge in [0, 0.05) is 54.5 Å². The van der Waals surface area contributed by atoms with Crippen LogP contribution >= 0.6 is 0 Å². The average Bonchev–Trinajstić information content (AvgIpc) is 3.38. The fourth-order valence-corrected chi connectivity index (χ4v) is 4.69. The van der Waals surface area contributed by atoms with Crippen LogP contribution in [0.3, 0.4) is 0 Å². The minimum Gasteiger partial charge on any atom is -0.355 e. The maximum absolute atomic E-state index is 15.2. The fraction of sp³-hybridized carbons (Fsp3) is 0.391. The monoisotopic (exact) mass is 434 g/mol. The minimum atomic E-state index is -0.350. The molecule has 1 aliphatic rings. The number of nitrogens with two attached hydrogens (primary N) is 1. The van der Waals surface area contributed by atoms with Crippen LogP contribution < -0.4 is 10.6 Å². The van der Waals surface area contributed by atoms with E-state index in [4.69, 9.17) is 5.73 Å². The molecule has 32 heavy (non-hydrogen) atoms. The van der Waals surface area contributed by atoms with Crippen LogP contribution in [0.1, 0.15) is 32.1 Å². The lowest BCUT2D eigenvalue weighted by Gasteiger charge is -2.29. The van der Waals surface area contributed by atoms with Gasteiger partial charge >= 0.3 is 0 Å². The highest BCUT2D eigenvalue weighted by molar-refractivity contribution is 6.02. The third-order valence-electron chi connectivity index (χ3n) is 6.45. The lowest BCUT2D eigenvalue weighted by molar-refractivity contribution is 0.508. The summed E-state index contributed by atoms with van der Waals surface area (Å²) in [5, 5.41) is 20.9. The van der Waals surface area contributed by atoms with Gasteiger partial charge in [0.25, 0.3) is 0 Å². The first kappa shape index (κ1) is 20.6. The summed E-state index contributed by atoms with van der Waals surface area (Å²) in [5.41, 5.74) is 9.35. The van der Waals surface area contributed by atoms with Crippen molar-refractivity contribution in [2.45, 2.75) is 44.2 Å². The molecule has 1 aliphatic carbocycles. The highest BCUT2D eigenvalue weighted by Crippen LogP contribution is 2.36. The number of anilines is 1. The van der Waals surface area contributed by atoms with Gasteiger partial charge in [0.15, 0.2) is 5.82 Å². The van der Waals surface area contributed by atoms with Crippen LogP contribution in [0.25, 0.3) is 33.3 Å². The van der Waals surface area contributed by atoms with Gasteiger partial charge in [-0.3, -0.25) is 9.78 Å². The predicted molar refractivity (Wildman–Crippen MR) is 123 cm³/mol. The number of aromatic nitrogens is 6. The average molecular weight is 435 g/mol. The van der Waals surface area contributed by atoms with E-state index in [0.29, 0.717) is 33.8 Å². The molecule has 1 aromatic carbocycles. The normalized spacial score (nSPS) is 19.2. The zero-order chi connectivity index (χ0) is 22.2. The highest BCUT2D eigenvalue weighted by atomic mass is 19.1. The Bertz CT molecular complexity index is 1230. The molecule has 0 spiro atoms. The van der Waals surface area contributed by atoms with Crippen molar-refractivity contribution in [1.29, 1.82) is 0 Å². The van der Waals surface area contributed by atoms with Crippen LogP contribution in [0, 0.1) is 5.82 Å². The second-order valence-electron chi connectivity index (χ2n) is 8.66.